The van der Waals surface area contributed by atoms with Crippen LogP contribution in [0.25, 0.3) is 10.9 Å². The Morgan fingerprint density at radius 3 is 2.85 bits per heavy atom. The minimum Gasteiger partial charge on any atom is -0.445 e. The monoisotopic (exact) mass is 357 g/mol. The van der Waals surface area contributed by atoms with Crippen molar-refractivity contribution in [1.82, 2.24) is 9.97 Å². The summed E-state index contributed by atoms with van der Waals surface area (Å²) < 4.78 is 10.6. The number of carbonyl (C=O) groups excluding carboxylic acids is 1. The summed E-state index contributed by atoms with van der Waals surface area (Å²) in [6, 6.07) is 6.29. The molecular weight excluding hydrogens is 334 g/mol. The van der Waals surface area contributed by atoms with Crippen LogP contribution in [0.3, 0.4) is 0 Å². The van der Waals surface area contributed by atoms with Crippen molar-refractivity contribution in [3.63, 3.8) is 0 Å². The number of hydrogen-bond acceptors (Lipinski definition) is 7. The number of piperidine rings is 1. The third kappa shape index (κ3) is 3.50. The Morgan fingerprint density at radius 2 is 2.04 bits per heavy atom. The summed E-state index contributed by atoms with van der Waals surface area (Å²) in [4.78, 5) is 24.5. The molecular formula is C18H23N5O3. The maximum absolute atomic E-state index is 11.1. The second-order valence-electron chi connectivity index (χ2n) is 6.65. The van der Waals surface area contributed by atoms with Gasteiger partial charge in [0.15, 0.2) is 0 Å². The lowest BCUT2D eigenvalue weighted by atomic mass is 10.1. The molecule has 2 saturated heterocycles. The van der Waals surface area contributed by atoms with E-state index in [-0.39, 0.29) is 6.10 Å². The molecule has 26 heavy (non-hydrogen) atoms. The number of benzene rings is 1. The van der Waals surface area contributed by atoms with E-state index in [0.717, 1.165) is 68.1 Å². The number of hydrogen-bond donors (Lipinski definition) is 1. The Hall–Kier alpha value is -2.61. The Balaban J connectivity index is 1.60. The van der Waals surface area contributed by atoms with Crippen molar-refractivity contribution in [2.75, 3.05) is 49.2 Å². The van der Waals surface area contributed by atoms with E-state index in [4.69, 9.17) is 15.2 Å². The quantitative estimate of drug-likeness (QED) is 0.890. The van der Waals surface area contributed by atoms with E-state index < -0.39 is 6.09 Å². The van der Waals surface area contributed by atoms with Crippen molar-refractivity contribution in [2.45, 2.75) is 18.9 Å². The molecule has 1 unspecified atom stereocenters. The lowest BCUT2D eigenvalue weighted by Gasteiger charge is -2.33. The van der Waals surface area contributed by atoms with Crippen LogP contribution in [-0.4, -0.2) is 61.6 Å². The highest BCUT2D eigenvalue weighted by Crippen LogP contribution is 2.29. The second kappa shape index (κ2) is 7.33. The first-order valence-electron chi connectivity index (χ1n) is 8.99. The number of morpholine rings is 1. The molecule has 0 aliphatic carbocycles. The number of anilines is 2. The number of amides is 1. The Morgan fingerprint density at radius 1 is 1.19 bits per heavy atom. The van der Waals surface area contributed by atoms with E-state index in [0.29, 0.717) is 6.54 Å². The van der Waals surface area contributed by atoms with Crippen molar-refractivity contribution in [2.24, 2.45) is 5.73 Å². The van der Waals surface area contributed by atoms with E-state index in [9.17, 15) is 4.79 Å². The second-order valence-corrected chi connectivity index (χ2v) is 6.65. The molecule has 2 aliphatic heterocycles. The molecule has 1 atom stereocenters. The van der Waals surface area contributed by atoms with Crippen LogP contribution in [0.2, 0.25) is 0 Å². The van der Waals surface area contributed by atoms with Crippen LogP contribution in [0.5, 0.6) is 0 Å². The van der Waals surface area contributed by atoms with Gasteiger partial charge in [-0.1, -0.05) is 0 Å². The van der Waals surface area contributed by atoms with Gasteiger partial charge >= 0.3 is 6.09 Å². The number of nitrogens with two attached hydrogens (primary N) is 1. The van der Waals surface area contributed by atoms with Gasteiger partial charge in [0.1, 0.15) is 18.2 Å². The number of carbonyl (C=O) groups is 1. The fourth-order valence-electron chi connectivity index (χ4n) is 3.69. The van der Waals surface area contributed by atoms with Crippen molar-refractivity contribution in [3.05, 3.63) is 24.5 Å². The van der Waals surface area contributed by atoms with Crippen LogP contribution in [0.1, 0.15) is 12.8 Å². The van der Waals surface area contributed by atoms with Gasteiger partial charge < -0.3 is 25.0 Å². The number of ether oxygens (including phenoxy) is 2. The van der Waals surface area contributed by atoms with Crippen LogP contribution >= 0.6 is 0 Å². The van der Waals surface area contributed by atoms with Gasteiger partial charge in [0, 0.05) is 30.7 Å². The van der Waals surface area contributed by atoms with Crippen LogP contribution in [0.15, 0.2) is 24.5 Å². The molecule has 0 bridgehead atoms. The molecule has 2 fully saturated rings. The summed E-state index contributed by atoms with van der Waals surface area (Å²) in [5, 5.41) is 1.00. The third-order valence-electron chi connectivity index (χ3n) is 4.94. The fraction of sp³-hybridized carbons (Fsp3) is 0.500. The molecule has 138 valence electrons. The van der Waals surface area contributed by atoms with Gasteiger partial charge in [0.05, 0.1) is 25.3 Å². The number of primary amides is 1. The van der Waals surface area contributed by atoms with Gasteiger partial charge in [-0.3, -0.25) is 0 Å². The summed E-state index contributed by atoms with van der Waals surface area (Å²) in [5.41, 5.74) is 7.23. The maximum atomic E-state index is 11.1. The molecule has 4 rings (SSSR count). The molecule has 1 amide bonds. The number of aromatic nitrogens is 2. The minimum absolute atomic E-state index is 0.195. The molecule has 2 aliphatic rings. The molecule has 8 nitrogen and oxygen atoms in total. The number of nitrogens with zero attached hydrogens (tertiary/aromatic N) is 4. The zero-order chi connectivity index (χ0) is 17.9. The van der Waals surface area contributed by atoms with Gasteiger partial charge in [-0.2, -0.15) is 0 Å². The summed E-state index contributed by atoms with van der Waals surface area (Å²) in [7, 11) is 0. The summed E-state index contributed by atoms with van der Waals surface area (Å²) in [6.45, 7) is 4.75. The van der Waals surface area contributed by atoms with Gasteiger partial charge in [-0.25, -0.2) is 14.8 Å². The van der Waals surface area contributed by atoms with E-state index in [1.165, 1.54) is 0 Å². The zero-order valence-electron chi connectivity index (χ0n) is 14.6. The summed E-state index contributed by atoms with van der Waals surface area (Å²) in [6.07, 6.45) is 2.43. The van der Waals surface area contributed by atoms with Crippen LogP contribution in [0, 0.1) is 0 Å². The van der Waals surface area contributed by atoms with E-state index in [1.54, 1.807) is 6.33 Å². The average Bonchev–Trinajstić information content (AvgIpc) is 2.67. The fourth-order valence-corrected chi connectivity index (χ4v) is 3.69. The molecule has 2 aromatic rings. The minimum atomic E-state index is -0.723. The molecule has 8 heteroatoms. The highest BCUT2D eigenvalue weighted by molar-refractivity contribution is 5.91. The van der Waals surface area contributed by atoms with Gasteiger partial charge in [-0.05, 0) is 31.0 Å². The van der Waals surface area contributed by atoms with Crippen molar-refractivity contribution in [1.29, 1.82) is 0 Å². The summed E-state index contributed by atoms with van der Waals surface area (Å²) in [5.74, 6) is 0.876. The first-order valence-corrected chi connectivity index (χ1v) is 8.99. The standard InChI is InChI=1S/C18H23N5O3/c19-18(24)26-14-2-1-5-23(11-14)17-15-4-3-13(10-16(15)20-12-21-17)22-6-8-25-9-7-22/h3-4,10,12,14H,1-2,5-9,11H2,(H2,19,24). The first kappa shape index (κ1) is 16.8. The van der Waals surface area contributed by atoms with Crippen molar-refractivity contribution in [3.8, 4) is 0 Å². The zero-order valence-corrected chi connectivity index (χ0v) is 14.6. The molecule has 3 heterocycles. The predicted octanol–water partition coefficient (Wildman–Crippen LogP) is 1.53. The molecule has 1 aromatic heterocycles. The Labute approximate surface area is 151 Å². The molecule has 1 aromatic carbocycles. The van der Waals surface area contributed by atoms with Gasteiger partial charge in [-0.15, -0.1) is 0 Å². The first-order chi connectivity index (χ1) is 12.7. The lowest BCUT2D eigenvalue weighted by molar-refractivity contribution is 0.0965. The number of fused-ring (bicyclic) bond motifs is 1. The van der Waals surface area contributed by atoms with Crippen LogP contribution in [-0.2, 0) is 9.47 Å². The van der Waals surface area contributed by atoms with E-state index in [1.807, 2.05) is 0 Å². The topological polar surface area (TPSA) is 93.8 Å². The normalized spacial score (nSPS) is 21.0. The van der Waals surface area contributed by atoms with Crippen LogP contribution in [0.4, 0.5) is 16.3 Å². The highest BCUT2D eigenvalue weighted by Gasteiger charge is 2.24. The van der Waals surface area contributed by atoms with E-state index in [2.05, 4.69) is 38.0 Å². The molecule has 2 N–H and O–H groups in total. The Bertz CT molecular complexity index is 793. The van der Waals surface area contributed by atoms with Crippen LogP contribution < -0.4 is 15.5 Å². The average molecular weight is 357 g/mol. The number of rotatable bonds is 3. The molecule has 0 saturated carbocycles. The maximum Gasteiger partial charge on any atom is 0.404 e. The summed E-state index contributed by atoms with van der Waals surface area (Å²) >= 11 is 0. The molecule has 0 radical (unpaired) electrons. The highest BCUT2D eigenvalue weighted by atomic mass is 16.6. The van der Waals surface area contributed by atoms with Gasteiger partial charge in [0.2, 0.25) is 0 Å². The van der Waals surface area contributed by atoms with Crippen molar-refractivity contribution < 1.29 is 14.3 Å². The SMILES string of the molecule is NC(=O)OC1CCCN(c2ncnc3cc(N4CCOCC4)ccc23)C1. The third-order valence-corrected chi connectivity index (χ3v) is 4.94. The lowest BCUT2D eigenvalue weighted by Crippen LogP contribution is -2.42. The molecule has 0 spiro atoms. The Kier molecular flexibility index (Phi) is 4.75. The van der Waals surface area contributed by atoms with Crippen molar-refractivity contribution >= 4 is 28.5 Å². The van der Waals surface area contributed by atoms with Gasteiger partial charge in [0.25, 0.3) is 0 Å². The smallest absolute Gasteiger partial charge is 0.404 e. The largest absolute Gasteiger partial charge is 0.445 e. The van der Waals surface area contributed by atoms with E-state index >= 15 is 0 Å². The predicted molar refractivity (Wildman–Crippen MR) is 98.5 cm³/mol.